The number of aliphatic carboxylic acids is 2. The number of carbonyl (C=O) groups is 3. The Labute approximate surface area is 134 Å². The molecule has 0 aliphatic heterocycles. The van der Waals surface area contributed by atoms with Gasteiger partial charge < -0.3 is 15.3 Å². The van der Waals surface area contributed by atoms with Crippen molar-refractivity contribution in [2.75, 3.05) is 4.90 Å². The maximum atomic E-state index is 12.2. The summed E-state index contributed by atoms with van der Waals surface area (Å²) in [6.45, 7) is 1.28. The first-order valence-corrected chi connectivity index (χ1v) is 7.35. The third-order valence-electron chi connectivity index (χ3n) is 3.34. The van der Waals surface area contributed by atoms with E-state index in [-0.39, 0.29) is 12.8 Å². The first kappa shape index (κ1) is 18.6. The molecule has 0 saturated heterocycles. The van der Waals surface area contributed by atoms with Gasteiger partial charge in [0, 0.05) is 12.1 Å². The number of hydrogen-bond donors (Lipinski definition) is 3. The standard InChI is InChI=1S/C16H21NO6/c1-11(18)15(21)17(12-7-3-2-4-8-12)13(16(22)23)9-5-6-10-14(19)20/h2-4,7-8,11,13,18H,5-6,9-10H2,1H3,(H,19,20)(H,22,23). The molecule has 7 nitrogen and oxygen atoms in total. The van der Waals surface area contributed by atoms with E-state index in [2.05, 4.69) is 0 Å². The summed E-state index contributed by atoms with van der Waals surface area (Å²) in [6, 6.07) is 7.09. The number of nitrogens with zero attached hydrogens (tertiary/aromatic N) is 1. The molecule has 0 saturated carbocycles. The van der Waals surface area contributed by atoms with Crippen molar-refractivity contribution >= 4 is 23.5 Å². The zero-order valence-electron chi connectivity index (χ0n) is 12.9. The molecule has 1 amide bonds. The first-order valence-electron chi connectivity index (χ1n) is 7.35. The maximum absolute atomic E-state index is 12.2. The van der Waals surface area contributed by atoms with Crippen molar-refractivity contribution in [3.8, 4) is 0 Å². The Balaban J connectivity index is 2.97. The number of carboxylic acids is 2. The van der Waals surface area contributed by atoms with Gasteiger partial charge in [-0.15, -0.1) is 0 Å². The maximum Gasteiger partial charge on any atom is 0.326 e. The summed E-state index contributed by atoms with van der Waals surface area (Å²) in [7, 11) is 0. The van der Waals surface area contributed by atoms with Gasteiger partial charge in [-0.1, -0.05) is 24.6 Å². The fourth-order valence-corrected chi connectivity index (χ4v) is 2.23. The number of benzene rings is 1. The largest absolute Gasteiger partial charge is 0.481 e. The van der Waals surface area contributed by atoms with Gasteiger partial charge in [-0.2, -0.15) is 0 Å². The monoisotopic (exact) mass is 323 g/mol. The van der Waals surface area contributed by atoms with Crippen molar-refractivity contribution < 1.29 is 29.7 Å². The minimum absolute atomic E-state index is 0.0535. The third kappa shape index (κ3) is 5.71. The molecule has 0 spiro atoms. The number of anilines is 1. The topological polar surface area (TPSA) is 115 Å². The lowest BCUT2D eigenvalue weighted by Gasteiger charge is -2.30. The molecule has 0 fully saturated rings. The molecular formula is C16H21NO6. The highest BCUT2D eigenvalue weighted by atomic mass is 16.4. The van der Waals surface area contributed by atoms with Crippen LogP contribution in [-0.4, -0.2) is 45.3 Å². The van der Waals surface area contributed by atoms with E-state index >= 15 is 0 Å². The van der Waals surface area contributed by atoms with Crippen LogP contribution in [-0.2, 0) is 14.4 Å². The van der Waals surface area contributed by atoms with Gasteiger partial charge in [0.1, 0.15) is 12.1 Å². The van der Waals surface area contributed by atoms with Gasteiger partial charge in [-0.25, -0.2) is 4.79 Å². The van der Waals surface area contributed by atoms with E-state index in [1.165, 1.54) is 6.92 Å². The molecule has 0 bridgehead atoms. The van der Waals surface area contributed by atoms with Crippen LogP contribution in [0.1, 0.15) is 32.6 Å². The number of hydrogen-bond acceptors (Lipinski definition) is 4. The van der Waals surface area contributed by atoms with Crippen molar-refractivity contribution in [3.05, 3.63) is 30.3 Å². The van der Waals surface area contributed by atoms with Gasteiger partial charge in [0.2, 0.25) is 0 Å². The number of aliphatic hydroxyl groups is 1. The van der Waals surface area contributed by atoms with Gasteiger partial charge in [0.25, 0.3) is 5.91 Å². The molecule has 0 aliphatic carbocycles. The lowest BCUT2D eigenvalue weighted by atomic mass is 10.0. The lowest BCUT2D eigenvalue weighted by molar-refractivity contribution is -0.141. The Morgan fingerprint density at radius 2 is 1.70 bits per heavy atom. The minimum atomic E-state index is -1.34. The van der Waals surface area contributed by atoms with E-state index < -0.39 is 30.0 Å². The molecule has 2 atom stereocenters. The second kappa shape index (κ2) is 8.89. The molecule has 0 aromatic heterocycles. The summed E-state index contributed by atoms with van der Waals surface area (Å²) in [5, 5.41) is 27.6. The van der Waals surface area contributed by atoms with Crippen molar-refractivity contribution in [1.29, 1.82) is 0 Å². The summed E-state index contributed by atoms with van der Waals surface area (Å²) >= 11 is 0. The quantitative estimate of drug-likeness (QED) is 0.593. The minimum Gasteiger partial charge on any atom is -0.481 e. The van der Waals surface area contributed by atoms with E-state index in [1.54, 1.807) is 30.3 Å². The van der Waals surface area contributed by atoms with E-state index in [4.69, 9.17) is 5.11 Å². The zero-order chi connectivity index (χ0) is 17.4. The normalized spacial score (nSPS) is 13.1. The summed E-state index contributed by atoms with van der Waals surface area (Å²) in [6.07, 6.45) is -0.612. The Kier molecular flexibility index (Phi) is 7.21. The van der Waals surface area contributed by atoms with Crippen LogP contribution in [0.4, 0.5) is 5.69 Å². The summed E-state index contributed by atoms with van der Waals surface area (Å²) in [5.74, 6) is -2.85. The smallest absolute Gasteiger partial charge is 0.326 e. The first-order chi connectivity index (χ1) is 10.8. The number of para-hydroxylation sites is 1. The molecular weight excluding hydrogens is 302 g/mol. The number of unbranched alkanes of at least 4 members (excludes halogenated alkanes) is 1. The fraction of sp³-hybridized carbons (Fsp3) is 0.438. The van der Waals surface area contributed by atoms with Crippen LogP contribution >= 0.6 is 0 Å². The zero-order valence-corrected chi connectivity index (χ0v) is 12.9. The molecule has 3 N–H and O–H groups in total. The van der Waals surface area contributed by atoms with Crippen LogP contribution in [0.25, 0.3) is 0 Å². The predicted molar refractivity (Wildman–Crippen MR) is 83.1 cm³/mol. The van der Waals surface area contributed by atoms with Gasteiger partial charge >= 0.3 is 11.9 Å². The van der Waals surface area contributed by atoms with Crippen molar-refractivity contribution in [1.82, 2.24) is 0 Å². The van der Waals surface area contributed by atoms with Gasteiger partial charge in [0.15, 0.2) is 0 Å². The number of rotatable bonds is 9. The van der Waals surface area contributed by atoms with E-state index in [9.17, 15) is 24.6 Å². The van der Waals surface area contributed by atoms with Crippen molar-refractivity contribution in [2.24, 2.45) is 0 Å². The van der Waals surface area contributed by atoms with Crippen molar-refractivity contribution in [3.63, 3.8) is 0 Å². The Morgan fingerprint density at radius 1 is 1.09 bits per heavy atom. The van der Waals surface area contributed by atoms with E-state index in [0.29, 0.717) is 18.5 Å². The highest BCUT2D eigenvalue weighted by Gasteiger charge is 2.32. The van der Waals surface area contributed by atoms with Gasteiger partial charge in [0.05, 0.1) is 0 Å². The average Bonchev–Trinajstić information content (AvgIpc) is 2.50. The lowest BCUT2D eigenvalue weighted by Crippen LogP contribution is -2.49. The highest BCUT2D eigenvalue weighted by Crippen LogP contribution is 2.21. The van der Waals surface area contributed by atoms with Crippen LogP contribution in [0.5, 0.6) is 0 Å². The molecule has 1 aromatic rings. The average molecular weight is 323 g/mol. The molecule has 7 heteroatoms. The number of carbonyl (C=O) groups excluding carboxylic acids is 1. The highest BCUT2D eigenvalue weighted by molar-refractivity contribution is 6.01. The van der Waals surface area contributed by atoms with E-state index in [1.807, 2.05) is 0 Å². The number of carboxylic acid groups (broad SMARTS) is 2. The number of amides is 1. The summed E-state index contributed by atoms with van der Waals surface area (Å²) in [4.78, 5) is 35.4. The SMILES string of the molecule is CC(O)C(=O)N(c1ccccc1)C(CCCCC(=O)O)C(=O)O. The fourth-order valence-electron chi connectivity index (χ4n) is 2.23. The van der Waals surface area contributed by atoms with Gasteiger partial charge in [-0.05, 0) is 31.9 Å². The second-order valence-corrected chi connectivity index (χ2v) is 5.21. The van der Waals surface area contributed by atoms with Crippen LogP contribution in [0.2, 0.25) is 0 Å². The molecule has 126 valence electrons. The van der Waals surface area contributed by atoms with E-state index in [0.717, 1.165) is 4.90 Å². The molecule has 2 unspecified atom stereocenters. The molecule has 1 rings (SSSR count). The molecule has 0 aliphatic rings. The molecule has 23 heavy (non-hydrogen) atoms. The Bertz CT molecular complexity index is 543. The molecule has 0 radical (unpaired) electrons. The third-order valence-corrected chi connectivity index (χ3v) is 3.34. The van der Waals surface area contributed by atoms with Gasteiger partial charge in [-0.3, -0.25) is 14.5 Å². The van der Waals surface area contributed by atoms with Crippen LogP contribution in [0.15, 0.2) is 30.3 Å². The Hall–Kier alpha value is -2.41. The summed E-state index contributed by atoms with van der Waals surface area (Å²) < 4.78 is 0. The van der Waals surface area contributed by atoms with Crippen LogP contribution < -0.4 is 4.90 Å². The summed E-state index contributed by atoms with van der Waals surface area (Å²) in [5.41, 5.74) is 0.379. The van der Waals surface area contributed by atoms with Crippen LogP contribution in [0.3, 0.4) is 0 Å². The molecule has 0 heterocycles. The predicted octanol–water partition coefficient (Wildman–Crippen LogP) is 1.50. The van der Waals surface area contributed by atoms with Crippen molar-refractivity contribution in [2.45, 2.75) is 44.8 Å². The molecule has 1 aromatic carbocycles. The number of aliphatic hydroxyl groups excluding tert-OH is 1. The van der Waals surface area contributed by atoms with Crippen LogP contribution in [0, 0.1) is 0 Å². The Morgan fingerprint density at radius 3 is 2.17 bits per heavy atom. The second-order valence-electron chi connectivity index (χ2n) is 5.21.